The maximum absolute atomic E-state index is 11.1. The molecule has 1 heterocycles. The number of hydrogen-bond acceptors (Lipinski definition) is 3. The van der Waals surface area contributed by atoms with Crippen LogP contribution in [0.5, 0.6) is 0 Å². The second kappa shape index (κ2) is 4.28. The average molecular weight is 206 g/mol. The zero-order chi connectivity index (χ0) is 9.80. The van der Waals surface area contributed by atoms with E-state index in [9.17, 15) is 4.79 Å². The van der Waals surface area contributed by atoms with Gasteiger partial charge in [0.25, 0.3) is 0 Å². The number of carbonyl (C=O) groups is 1. The lowest BCUT2D eigenvalue weighted by atomic mass is 10.3. The molecule has 72 valence electrons. The molecule has 1 aromatic rings. The molecule has 0 aromatic heterocycles. The molecule has 14 heavy (non-hydrogen) atoms. The zero-order valence-corrected chi connectivity index (χ0v) is 8.38. The number of nitrogens with zero attached hydrogens (tertiary/aromatic N) is 1. The molecule has 0 aliphatic carbocycles. The normalized spacial score (nSPS) is 19.4. The molecular formula is C10H10N2OS. The summed E-state index contributed by atoms with van der Waals surface area (Å²) in [5.74, 6) is 0.871. The van der Waals surface area contributed by atoms with Crippen molar-refractivity contribution in [3.05, 3.63) is 30.3 Å². The Morgan fingerprint density at radius 1 is 1.29 bits per heavy atom. The van der Waals surface area contributed by atoms with Crippen molar-refractivity contribution >= 4 is 28.5 Å². The van der Waals surface area contributed by atoms with Crippen molar-refractivity contribution in [3.8, 4) is 0 Å². The first kappa shape index (κ1) is 9.27. The number of carbonyl (C=O) groups excluding carboxylic acids is 1. The minimum absolute atomic E-state index is 0.0541. The quantitative estimate of drug-likeness (QED) is 0.762. The first-order valence-electron chi connectivity index (χ1n) is 4.41. The molecule has 1 aliphatic rings. The smallest absolute Gasteiger partial charge is 0.226 e. The van der Waals surface area contributed by atoms with E-state index in [-0.39, 0.29) is 5.91 Å². The molecule has 1 amide bonds. The van der Waals surface area contributed by atoms with Crippen molar-refractivity contribution in [2.45, 2.75) is 6.42 Å². The molecule has 0 saturated carbocycles. The molecular weight excluding hydrogens is 196 g/mol. The van der Waals surface area contributed by atoms with Gasteiger partial charge in [-0.15, -0.1) is 0 Å². The van der Waals surface area contributed by atoms with Gasteiger partial charge >= 0.3 is 0 Å². The highest BCUT2D eigenvalue weighted by Gasteiger charge is 2.13. The Balaban J connectivity index is 2.14. The number of hydrogen-bond donors (Lipinski definition) is 1. The van der Waals surface area contributed by atoms with Crippen LogP contribution in [0.25, 0.3) is 0 Å². The summed E-state index contributed by atoms with van der Waals surface area (Å²) in [4.78, 5) is 15.4. The Morgan fingerprint density at radius 2 is 2.07 bits per heavy atom. The molecule has 1 aromatic carbocycles. The summed E-state index contributed by atoms with van der Waals surface area (Å²) in [5, 5.41) is 3.44. The van der Waals surface area contributed by atoms with Crippen LogP contribution in [0.2, 0.25) is 0 Å². The Hall–Kier alpha value is -1.29. The molecule has 0 unspecified atom stereocenters. The summed E-state index contributed by atoms with van der Waals surface area (Å²) >= 11 is 1.58. The van der Waals surface area contributed by atoms with Crippen LogP contribution < -0.4 is 5.32 Å². The number of rotatable bonds is 1. The highest BCUT2D eigenvalue weighted by molar-refractivity contribution is 8.14. The Labute approximate surface area is 86.6 Å². The Kier molecular flexibility index (Phi) is 2.84. The minimum atomic E-state index is 0.0541. The van der Waals surface area contributed by atoms with Gasteiger partial charge < -0.3 is 5.32 Å². The number of thioether (sulfide) groups is 1. The summed E-state index contributed by atoms with van der Waals surface area (Å²) in [6.07, 6.45) is 0.582. The summed E-state index contributed by atoms with van der Waals surface area (Å²) in [6.45, 7) is 0. The van der Waals surface area contributed by atoms with Crippen LogP contribution in [0.4, 0.5) is 5.69 Å². The standard InChI is InChI=1S/C10H10N2OS/c13-9-6-7-14-10(12-9)11-8-4-2-1-3-5-8/h1-5H,6-7H2,(H,11,12,13). The van der Waals surface area contributed by atoms with E-state index in [0.717, 1.165) is 11.4 Å². The minimum Gasteiger partial charge on any atom is -0.305 e. The molecule has 3 nitrogen and oxygen atoms in total. The lowest BCUT2D eigenvalue weighted by molar-refractivity contribution is -0.119. The summed E-state index contributed by atoms with van der Waals surface area (Å²) < 4.78 is 0. The van der Waals surface area contributed by atoms with Crippen LogP contribution in [-0.4, -0.2) is 16.8 Å². The van der Waals surface area contributed by atoms with Crippen LogP contribution in [0.3, 0.4) is 0 Å². The van der Waals surface area contributed by atoms with Crippen molar-refractivity contribution in [1.82, 2.24) is 5.32 Å². The molecule has 1 N–H and O–H groups in total. The van der Waals surface area contributed by atoms with Crippen molar-refractivity contribution in [2.24, 2.45) is 4.99 Å². The summed E-state index contributed by atoms with van der Waals surface area (Å²) in [5.41, 5.74) is 0.872. The number of nitrogens with one attached hydrogen (secondary N) is 1. The maximum Gasteiger partial charge on any atom is 0.226 e. The largest absolute Gasteiger partial charge is 0.305 e. The van der Waals surface area contributed by atoms with Gasteiger partial charge in [-0.3, -0.25) is 4.79 Å². The van der Waals surface area contributed by atoms with Crippen LogP contribution in [0, 0.1) is 0 Å². The van der Waals surface area contributed by atoms with E-state index in [0.29, 0.717) is 11.6 Å². The van der Waals surface area contributed by atoms with Gasteiger partial charge in [0.05, 0.1) is 5.69 Å². The van der Waals surface area contributed by atoms with Crippen molar-refractivity contribution < 1.29 is 4.79 Å². The molecule has 1 saturated heterocycles. The Bertz CT molecular complexity index is 362. The fraction of sp³-hybridized carbons (Fsp3) is 0.200. The third-order valence-corrected chi connectivity index (χ3v) is 2.68. The van der Waals surface area contributed by atoms with Crippen LogP contribution in [0.15, 0.2) is 35.3 Å². The first-order valence-corrected chi connectivity index (χ1v) is 5.39. The zero-order valence-electron chi connectivity index (χ0n) is 7.56. The van der Waals surface area contributed by atoms with Gasteiger partial charge in [-0.05, 0) is 12.1 Å². The number of para-hydroxylation sites is 1. The first-order chi connectivity index (χ1) is 6.84. The molecule has 0 atom stereocenters. The van der Waals surface area contributed by atoms with E-state index in [1.807, 2.05) is 30.3 Å². The fourth-order valence-corrected chi connectivity index (χ4v) is 1.98. The summed E-state index contributed by atoms with van der Waals surface area (Å²) in [7, 11) is 0. The topological polar surface area (TPSA) is 41.5 Å². The van der Waals surface area contributed by atoms with Crippen molar-refractivity contribution in [2.75, 3.05) is 5.75 Å². The lowest BCUT2D eigenvalue weighted by Crippen LogP contribution is -2.32. The number of amidine groups is 1. The van der Waals surface area contributed by atoms with Crippen LogP contribution >= 0.6 is 11.8 Å². The number of amides is 1. The van der Waals surface area contributed by atoms with E-state index >= 15 is 0 Å². The van der Waals surface area contributed by atoms with Crippen molar-refractivity contribution in [3.63, 3.8) is 0 Å². The van der Waals surface area contributed by atoms with Crippen molar-refractivity contribution in [1.29, 1.82) is 0 Å². The van der Waals surface area contributed by atoms with Gasteiger partial charge in [0.15, 0.2) is 5.17 Å². The maximum atomic E-state index is 11.1. The van der Waals surface area contributed by atoms with E-state index in [4.69, 9.17) is 0 Å². The number of aliphatic imine (C=N–C) groups is 1. The SMILES string of the molecule is O=C1CCSC(=Nc2ccccc2)N1. The Morgan fingerprint density at radius 3 is 2.79 bits per heavy atom. The van der Waals surface area contributed by atoms with E-state index in [1.165, 1.54) is 0 Å². The predicted octanol–water partition coefficient (Wildman–Crippen LogP) is 1.93. The van der Waals surface area contributed by atoms with Gasteiger partial charge in [-0.1, -0.05) is 30.0 Å². The lowest BCUT2D eigenvalue weighted by Gasteiger charge is -2.12. The van der Waals surface area contributed by atoms with Gasteiger partial charge in [0, 0.05) is 12.2 Å². The molecule has 4 heteroatoms. The predicted molar refractivity (Wildman–Crippen MR) is 58.8 cm³/mol. The molecule has 1 aliphatic heterocycles. The van der Waals surface area contributed by atoms with E-state index in [1.54, 1.807) is 11.8 Å². The second-order valence-corrected chi connectivity index (χ2v) is 3.98. The molecule has 0 radical (unpaired) electrons. The summed E-state index contributed by atoms with van der Waals surface area (Å²) in [6, 6.07) is 9.61. The van der Waals surface area contributed by atoms with E-state index in [2.05, 4.69) is 10.3 Å². The van der Waals surface area contributed by atoms with Gasteiger partial charge in [-0.25, -0.2) is 4.99 Å². The van der Waals surface area contributed by atoms with E-state index < -0.39 is 0 Å². The number of benzene rings is 1. The van der Waals surface area contributed by atoms with Crippen LogP contribution in [0.1, 0.15) is 6.42 Å². The molecule has 1 fully saturated rings. The third-order valence-electron chi connectivity index (χ3n) is 1.80. The molecule has 2 rings (SSSR count). The van der Waals surface area contributed by atoms with Crippen LogP contribution in [-0.2, 0) is 4.79 Å². The highest BCUT2D eigenvalue weighted by atomic mass is 32.2. The van der Waals surface area contributed by atoms with Gasteiger partial charge in [0.1, 0.15) is 0 Å². The third kappa shape index (κ3) is 2.35. The monoisotopic (exact) mass is 206 g/mol. The van der Waals surface area contributed by atoms with Gasteiger partial charge in [-0.2, -0.15) is 0 Å². The molecule has 0 bridgehead atoms. The highest BCUT2D eigenvalue weighted by Crippen LogP contribution is 2.16. The molecule has 0 spiro atoms. The average Bonchev–Trinajstić information content (AvgIpc) is 2.19. The fourth-order valence-electron chi connectivity index (χ4n) is 1.14. The second-order valence-electron chi connectivity index (χ2n) is 2.90. The van der Waals surface area contributed by atoms with Gasteiger partial charge in [0.2, 0.25) is 5.91 Å².